The van der Waals surface area contributed by atoms with E-state index in [0.29, 0.717) is 0 Å². The van der Waals surface area contributed by atoms with Crippen molar-refractivity contribution in [1.82, 2.24) is 0 Å². The number of nitrogens with one attached hydrogen (secondary N) is 1. The molecule has 0 fully saturated rings. The lowest BCUT2D eigenvalue weighted by atomic mass is 10.2. The molecule has 1 aromatic carbocycles. The quantitative estimate of drug-likeness (QED) is 0.528. The Morgan fingerprint density at radius 1 is 1.58 bits per heavy atom. The first-order valence-corrected chi connectivity index (χ1v) is 3.95. The van der Waals surface area contributed by atoms with E-state index in [1.54, 1.807) is 6.08 Å². The molecule has 0 saturated carbocycles. The van der Waals surface area contributed by atoms with Gasteiger partial charge in [0.2, 0.25) is 0 Å². The SMILES string of the molecule is C=CCNc1ccc(C)cc1N. The minimum absolute atomic E-state index is 0.743. The molecular formula is C10H14N2. The van der Waals surface area contributed by atoms with Gasteiger partial charge < -0.3 is 11.1 Å². The fourth-order valence-corrected chi connectivity index (χ4v) is 1.03. The first-order valence-electron chi connectivity index (χ1n) is 3.95. The van der Waals surface area contributed by atoms with Crippen molar-refractivity contribution in [3.63, 3.8) is 0 Å². The van der Waals surface area contributed by atoms with Gasteiger partial charge >= 0.3 is 0 Å². The summed E-state index contributed by atoms with van der Waals surface area (Å²) in [5.41, 5.74) is 8.70. The lowest BCUT2D eigenvalue weighted by Gasteiger charge is -2.07. The van der Waals surface area contributed by atoms with E-state index in [9.17, 15) is 0 Å². The molecule has 0 amide bonds. The first kappa shape index (κ1) is 8.65. The van der Waals surface area contributed by atoms with Gasteiger partial charge in [-0.2, -0.15) is 0 Å². The van der Waals surface area contributed by atoms with Crippen molar-refractivity contribution in [2.75, 3.05) is 17.6 Å². The number of nitrogens with two attached hydrogens (primary N) is 1. The Kier molecular flexibility index (Phi) is 2.75. The number of benzene rings is 1. The first-order chi connectivity index (χ1) is 5.74. The molecular weight excluding hydrogens is 148 g/mol. The lowest BCUT2D eigenvalue weighted by Crippen LogP contribution is -2.01. The van der Waals surface area contributed by atoms with E-state index in [1.807, 2.05) is 25.1 Å². The van der Waals surface area contributed by atoms with Crippen LogP contribution in [-0.2, 0) is 0 Å². The van der Waals surface area contributed by atoms with Gasteiger partial charge in [0.25, 0.3) is 0 Å². The van der Waals surface area contributed by atoms with Crippen molar-refractivity contribution in [3.8, 4) is 0 Å². The highest BCUT2D eigenvalue weighted by atomic mass is 14.9. The molecule has 1 rings (SSSR count). The van der Waals surface area contributed by atoms with Crippen LogP contribution in [0.15, 0.2) is 30.9 Å². The van der Waals surface area contributed by atoms with Crippen LogP contribution in [0.2, 0.25) is 0 Å². The maximum atomic E-state index is 5.77. The highest BCUT2D eigenvalue weighted by molar-refractivity contribution is 5.66. The molecule has 64 valence electrons. The maximum Gasteiger partial charge on any atom is 0.0576 e. The third-order valence-electron chi connectivity index (χ3n) is 1.64. The summed E-state index contributed by atoms with van der Waals surface area (Å²) in [5, 5.41) is 3.15. The van der Waals surface area contributed by atoms with Crippen molar-refractivity contribution < 1.29 is 0 Å². The second kappa shape index (κ2) is 3.81. The molecule has 0 radical (unpaired) electrons. The highest BCUT2D eigenvalue weighted by Crippen LogP contribution is 2.18. The molecule has 0 aliphatic heterocycles. The van der Waals surface area contributed by atoms with E-state index in [2.05, 4.69) is 11.9 Å². The van der Waals surface area contributed by atoms with Crippen LogP contribution in [0, 0.1) is 6.92 Å². The molecule has 0 atom stereocenters. The molecule has 1 aromatic rings. The van der Waals surface area contributed by atoms with Crippen LogP contribution < -0.4 is 11.1 Å². The summed E-state index contributed by atoms with van der Waals surface area (Å²) in [6, 6.07) is 5.96. The minimum Gasteiger partial charge on any atom is -0.397 e. The summed E-state index contributed by atoms with van der Waals surface area (Å²) in [6.07, 6.45) is 1.80. The van der Waals surface area contributed by atoms with E-state index in [4.69, 9.17) is 5.73 Å². The number of nitrogen functional groups attached to an aromatic ring is 1. The van der Waals surface area contributed by atoms with Crippen molar-refractivity contribution in [2.24, 2.45) is 0 Å². The van der Waals surface area contributed by atoms with E-state index in [1.165, 1.54) is 5.56 Å². The average molecular weight is 162 g/mol. The summed E-state index contributed by atoms with van der Waals surface area (Å²) in [7, 11) is 0. The lowest BCUT2D eigenvalue weighted by molar-refractivity contribution is 1.33. The number of hydrogen-bond donors (Lipinski definition) is 2. The fraction of sp³-hybridized carbons (Fsp3) is 0.200. The molecule has 2 nitrogen and oxygen atoms in total. The molecule has 0 aliphatic carbocycles. The Morgan fingerprint density at radius 3 is 2.92 bits per heavy atom. The second-order valence-corrected chi connectivity index (χ2v) is 2.76. The van der Waals surface area contributed by atoms with Crippen molar-refractivity contribution >= 4 is 11.4 Å². The second-order valence-electron chi connectivity index (χ2n) is 2.76. The molecule has 0 heterocycles. The normalized spacial score (nSPS) is 9.42. The molecule has 0 unspecified atom stereocenters. The Balaban J connectivity index is 2.78. The van der Waals surface area contributed by atoms with Crippen LogP contribution in [0.1, 0.15) is 5.56 Å². The van der Waals surface area contributed by atoms with Gasteiger partial charge in [0.15, 0.2) is 0 Å². The molecule has 0 aliphatic rings. The van der Waals surface area contributed by atoms with Gasteiger partial charge in [0, 0.05) is 6.54 Å². The monoisotopic (exact) mass is 162 g/mol. The average Bonchev–Trinajstić information content (AvgIpc) is 2.03. The summed E-state index contributed by atoms with van der Waals surface area (Å²) in [4.78, 5) is 0. The molecule has 0 spiro atoms. The Labute approximate surface area is 73.1 Å². The standard InChI is InChI=1S/C10H14N2/c1-3-6-12-10-5-4-8(2)7-9(10)11/h3-5,7,12H,1,6,11H2,2H3. The van der Waals surface area contributed by atoms with Gasteiger partial charge in [0.1, 0.15) is 0 Å². The van der Waals surface area contributed by atoms with Gasteiger partial charge in [-0.25, -0.2) is 0 Å². The van der Waals surface area contributed by atoms with Crippen LogP contribution in [0.3, 0.4) is 0 Å². The number of aryl methyl sites for hydroxylation is 1. The fourth-order valence-electron chi connectivity index (χ4n) is 1.03. The summed E-state index contributed by atoms with van der Waals surface area (Å²) >= 11 is 0. The van der Waals surface area contributed by atoms with E-state index < -0.39 is 0 Å². The van der Waals surface area contributed by atoms with Crippen LogP contribution in [0.4, 0.5) is 11.4 Å². The minimum atomic E-state index is 0.743. The van der Waals surface area contributed by atoms with Crippen LogP contribution >= 0.6 is 0 Å². The van der Waals surface area contributed by atoms with Gasteiger partial charge in [-0.05, 0) is 24.6 Å². The summed E-state index contributed by atoms with van der Waals surface area (Å²) in [6.45, 7) is 6.38. The van der Waals surface area contributed by atoms with Gasteiger partial charge in [-0.3, -0.25) is 0 Å². The van der Waals surface area contributed by atoms with E-state index in [-0.39, 0.29) is 0 Å². The molecule has 0 saturated heterocycles. The van der Waals surface area contributed by atoms with E-state index >= 15 is 0 Å². The maximum absolute atomic E-state index is 5.77. The zero-order valence-corrected chi connectivity index (χ0v) is 7.30. The topological polar surface area (TPSA) is 38.0 Å². The number of anilines is 2. The molecule has 0 aromatic heterocycles. The van der Waals surface area contributed by atoms with Crippen LogP contribution in [-0.4, -0.2) is 6.54 Å². The Bertz CT molecular complexity index is 279. The third-order valence-corrected chi connectivity index (χ3v) is 1.64. The molecule has 0 bridgehead atoms. The Morgan fingerprint density at radius 2 is 2.33 bits per heavy atom. The van der Waals surface area contributed by atoms with Gasteiger partial charge in [0.05, 0.1) is 11.4 Å². The van der Waals surface area contributed by atoms with Crippen molar-refractivity contribution in [2.45, 2.75) is 6.92 Å². The third kappa shape index (κ3) is 2.02. The molecule has 2 heteroatoms. The number of hydrogen-bond acceptors (Lipinski definition) is 2. The smallest absolute Gasteiger partial charge is 0.0576 e. The molecule has 3 N–H and O–H groups in total. The number of rotatable bonds is 3. The predicted molar refractivity (Wildman–Crippen MR) is 54.3 cm³/mol. The summed E-state index contributed by atoms with van der Waals surface area (Å²) in [5.74, 6) is 0. The van der Waals surface area contributed by atoms with Gasteiger partial charge in [-0.1, -0.05) is 12.1 Å². The van der Waals surface area contributed by atoms with Crippen molar-refractivity contribution in [1.29, 1.82) is 0 Å². The largest absolute Gasteiger partial charge is 0.397 e. The van der Waals surface area contributed by atoms with Crippen LogP contribution in [0.5, 0.6) is 0 Å². The predicted octanol–water partition coefficient (Wildman–Crippen LogP) is 2.18. The zero-order chi connectivity index (χ0) is 8.97. The summed E-state index contributed by atoms with van der Waals surface area (Å²) < 4.78 is 0. The van der Waals surface area contributed by atoms with Crippen molar-refractivity contribution in [3.05, 3.63) is 36.4 Å². The van der Waals surface area contributed by atoms with Crippen LogP contribution in [0.25, 0.3) is 0 Å². The van der Waals surface area contributed by atoms with E-state index in [0.717, 1.165) is 17.9 Å². The van der Waals surface area contributed by atoms with Gasteiger partial charge in [-0.15, -0.1) is 6.58 Å². The molecule has 12 heavy (non-hydrogen) atoms. The highest BCUT2D eigenvalue weighted by Gasteiger charge is 1.95. The Hall–Kier alpha value is -1.44. The zero-order valence-electron chi connectivity index (χ0n) is 7.30.